The van der Waals surface area contributed by atoms with Gasteiger partial charge in [0.15, 0.2) is 0 Å². The van der Waals surface area contributed by atoms with Gasteiger partial charge < -0.3 is 8.85 Å². The number of hydrogen-bond donors (Lipinski definition) is 0. The molecule has 0 atom stereocenters. The lowest BCUT2D eigenvalue weighted by Gasteiger charge is -2.24. The van der Waals surface area contributed by atoms with Crippen LogP contribution in [0.5, 0.6) is 0 Å². The van der Waals surface area contributed by atoms with Gasteiger partial charge in [0.25, 0.3) is 0 Å². The quantitative estimate of drug-likeness (QED) is 0.647. The Hall–Kier alpha value is 0.314. The smallest absolute Gasteiger partial charge is 0.334 e. The predicted octanol–water partition coefficient (Wildman–Crippen LogP) is 1.99. The van der Waals surface area contributed by atoms with Gasteiger partial charge >= 0.3 is 8.56 Å². The van der Waals surface area contributed by atoms with E-state index in [4.69, 9.17) is 8.85 Å². The van der Waals surface area contributed by atoms with Crippen LogP contribution in [0.1, 0.15) is 0 Å². The van der Waals surface area contributed by atoms with Crippen molar-refractivity contribution in [1.29, 1.82) is 0 Å². The minimum atomic E-state index is -2.17. The van der Waals surface area contributed by atoms with Crippen LogP contribution in [0.25, 0.3) is 0 Å². The molecular formula is C7H19O3Si2. The highest BCUT2D eigenvalue weighted by atomic mass is 28.4. The molecule has 0 aliphatic carbocycles. The van der Waals surface area contributed by atoms with Crippen molar-refractivity contribution in [3.05, 3.63) is 0 Å². The lowest BCUT2D eigenvalue weighted by Crippen LogP contribution is -2.38. The molecule has 0 saturated carbocycles. The minimum absolute atomic E-state index is 0.747. The molecule has 0 heterocycles. The van der Waals surface area contributed by atoms with E-state index in [1.54, 1.807) is 14.2 Å². The van der Waals surface area contributed by atoms with Gasteiger partial charge in [-0.25, -0.2) is 0 Å². The number of rotatable bonds is 5. The molecule has 0 aromatic rings. The van der Waals surface area contributed by atoms with E-state index in [2.05, 4.69) is 0 Å². The van der Waals surface area contributed by atoms with Gasteiger partial charge in [-0.3, -0.25) is 4.80 Å². The molecule has 0 N–H and O–H groups in total. The SMILES string of the molecule is CO[Si](C)(CC[Si](C)(C)[O])OC. The van der Waals surface area contributed by atoms with Gasteiger partial charge in [-0.2, -0.15) is 0 Å². The molecule has 73 valence electrons. The number of hydrogen-bond acceptors (Lipinski definition) is 2. The second-order valence-corrected chi connectivity index (χ2v) is 11.4. The van der Waals surface area contributed by atoms with Crippen molar-refractivity contribution in [3.8, 4) is 0 Å². The van der Waals surface area contributed by atoms with Crippen LogP contribution in [0.3, 0.4) is 0 Å². The average molecular weight is 207 g/mol. The van der Waals surface area contributed by atoms with Crippen molar-refractivity contribution in [2.24, 2.45) is 0 Å². The van der Waals surface area contributed by atoms with Gasteiger partial charge in [-0.1, -0.05) is 0 Å². The summed E-state index contributed by atoms with van der Waals surface area (Å²) >= 11 is 0. The summed E-state index contributed by atoms with van der Waals surface area (Å²) in [6.07, 6.45) is 0. The Kier molecular flexibility index (Phi) is 4.64. The maximum atomic E-state index is 11.4. The van der Waals surface area contributed by atoms with Gasteiger partial charge in [0, 0.05) is 14.2 Å². The highest BCUT2D eigenvalue weighted by Crippen LogP contribution is 2.19. The zero-order valence-corrected chi connectivity index (χ0v) is 10.6. The summed E-state index contributed by atoms with van der Waals surface area (Å²) in [6.45, 7) is 5.65. The van der Waals surface area contributed by atoms with Crippen molar-refractivity contribution in [2.45, 2.75) is 31.7 Å². The molecule has 0 aliphatic heterocycles. The molecule has 0 fully saturated rings. The molecule has 0 aromatic heterocycles. The zero-order chi connectivity index (χ0) is 9.83. The summed E-state index contributed by atoms with van der Waals surface area (Å²) in [5, 5.41) is 0. The second kappa shape index (κ2) is 4.52. The van der Waals surface area contributed by atoms with Gasteiger partial charge in [0.2, 0.25) is 8.32 Å². The Morgan fingerprint density at radius 1 is 1.00 bits per heavy atom. The van der Waals surface area contributed by atoms with E-state index in [1.165, 1.54) is 0 Å². The van der Waals surface area contributed by atoms with Gasteiger partial charge in [0.1, 0.15) is 0 Å². The summed E-state index contributed by atoms with van der Waals surface area (Å²) in [5.41, 5.74) is 0. The van der Waals surface area contributed by atoms with Crippen LogP contribution in [0.15, 0.2) is 0 Å². The largest absolute Gasteiger partial charge is 0.398 e. The lowest BCUT2D eigenvalue weighted by molar-refractivity contribution is 0.250. The van der Waals surface area contributed by atoms with Gasteiger partial charge in [-0.15, -0.1) is 0 Å². The summed E-state index contributed by atoms with van der Waals surface area (Å²) in [6, 6.07) is 1.57. The van der Waals surface area contributed by atoms with Crippen LogP contribution in [0.2, 0.25) is 31.7 Å². The third-order valence-electron chi connectivity index (χ3n) is 2.04. The molecule has 0 amide bonds. The fraction of sp³-hybridized carbons (Fsp3) is 1.00. The first-order chi connectivity index (χ1) is 5.33. The summed E-state index contributed by atoms with van der Waals surface area (Å²) in [7, 11) is -0.824. The van der Waals surface area contributed by atoms with Crippen LogP contribution < -0.4 is 0 Å². The third kappa shape index (κ3) is 5.05. The fourth-order valence-corrected chi connectivity index (χ4v) is 5.62. The van der Waals surface area contributed by atoms with Crippen LogP contribution in [-0.2, 0) is 13.6 Å². The average Bonchev–Trinajstić information content (AvgIpc) is 1.99. The van der Waals surface area contributed by atoms with Crippen LogP contribution >= 0.6 is 0 Å². The van der Waals surface area contributed by atoms with E-state index < -0.39 is 16.9 Å². The van der Waals surface area contributed by atoms with E-state index in [0.717, 1.165) is 12.1 Å². The molecule has 0 saturated heterocycles. The van der Waals surface area contributed by atoms with Crippen LogP contribution in [0, 0.1) is 0 Å². The molecular weight excluding hydrogens is 188 g/mol. The Morgan fingerprint density at radius 3 is 1.67 bits per heavy atom. The summed E-state index contributed by atoms with van der Waals surface area (Å²) < 4.78 is 10.6. The van der Waals surface area contributed by atoms with E-state index in [9.17, 15) is 4.80 Å². The van der Waals surface area contributed by atoms with E-state index >= 15 is 0 Å². The van der Waals surface area contributed by atoms with Crippen LogP contribution in [0.4, 0.5) is 0 Å². The molecule has 3 nitrogen and oxygen atoms in total. The van der Waals surface area contributed by atoms with E-state index in [1.807, 2.05) is 19.6 Å². The minimum Gasteiger partial charge on any atom is -0.398 e. The normalized spacial score (nSPS) is 13.5. The van der Waals surface area contributed by atoms with Crippen molar-refractivity contribution in [2.75, 3.05) is 14.2 Å². The molecule has 0 spiro atoms. The maximum Gasteiger partial charge on any atom is 0.334 e. The molecule has 5 heteroatoms. The van der Waals surface area contributed by atoms with Crippen LogP contribution in [-0.4, -0.2) is 31.1 Å². The zero-order valence-electron chi connectivity index (χ0n) is 8.64. The van der Waals surface area contributed by atoms with E-state index in [-0.39, 0.29) is 0 Å². The van der Waals surface area contributed by atoms with Gasteiger partial charge in [0.05, 0.1) is 0 Å². The third-order valence-corrected chi connectivity index (χ3v) is 6.88. The highest BCUT2D eigenvalue weighted by molar-refractivity contribution is 6.73. The van der Waals surface area contributed by atoms with E-state index in [0.29, 0.717) is 0 Å². The topological polar surface area (TPSA) is 38.4 Å². The Bertz CT molecular complexity index is 129. The van der Waals surface area contributed by atoms with Gasteiger partial charge in [-0.05, 0) is 31.7 Å². The van der Waals surface area contributed by atoms with Crippen molar-refractivity contribution >= 4 is 16.9 Å². The highest BCUT2D eigenvalue weighted by Gasteiger charge is 2.32. The summed E-state index contributed by atoms with van der Waals surface area (Å²) in [4.78, 5) is 11.4. The molecule has 0 rings (SSSR count). The Labute approximate surface area is 77.1 Å². The first kappa shape index (κ1) is 12.3. The first-order valence-electron chi connectivity index (χ1n) is 4.14. The first-order valence-corrected chi connectivity index (χ1v) is 9.77. The Balaban J connectivity index is 3.89. The lowest BCUT2D eigenvalue weighted by atomic mass is 10.9. The van der Waals surface area contributed by atoms with Crippen molar-refractivity contribution in [3.63, 3.8) is 0 Å². The maximum absolute atomic E-state index is 11.4. The monoisotopic (exact) mass is 207 g/mol. The van der Waals surface area contributed by atoms with Crippen molar-refractivity contribution in [1.82, 2.24) is 0 Å². The summed E-state index contributed by atoms with van der Waals surface area (Å²) in [5.74, 6) is 0. The molecule has 0 aromatic carbocycles. The molecule has 12 heavy (non-hydrogen) atoms. The Morgan fingerprint density at radius 2 is 1.42 bits per heavy atom. The molecule has 0 aliphatic rings. The van der Waals surface area contributed by atoms with Crippen molar-refractivity contribution < 1.29 is 13.6 Å². The predicted molar refractivity (Wildman–Crippen MR) is 53.4 cm³/mol. The molecule has 1 radical (unpaired) electrons. The standard InChI is InChI=1S/C7H19O3Si2/c1-9-12(5,10-2)7-6-11(3,4)8/h6-7H2,1-5H3. The second-order valence-electron chi connectivity index (χ2n) is 3.80. The fourth-order valence-electron chi connectivity index (χ4n) is 0.816. The molecule has 0 unspecified atom stereocenters. The molecule has 0 bridgehead atoms.